The van der Waals surface area contributed by atoms with E-state index in [-0.39, 0.29) is 28.7 Å². The van der Waals surface area contributed by atoms with Gasteiger partial charge in [-0.2, -0.15) is 0 Å². The van der Waals surface area contributed by atoms with Crippen molar-refractivity contribution in [3.63, 3.8) is 0 Å². The second-order valence-electron chi connectivity index (χ2n) is 11.6. The maximum absolute atomic E-state index is 12.7. The lowest BCUT2D eigenvalue weighted by Gasteiger charge is -2.39. The highest BCUT2D eigenvalue weighted by Gasteiger charge is 2.36. The molecule has 0 aromatic heterocycles. The van der Waals surface area contributed by atoms with Crippen molar-refractivity contribution >= 4 is 24.0 Å². The number of hydrogen-bond donors (Lipinski definition) is 2. The van der Waals surface area contributed by atoms with Gasteiger partial charge in [-0.05, 0) is 98.9 Å². The van der Waals surface area contributed by atoms with E-state index in [4.69, 9.17) is 0 Å². The van der Waals surface area contributed by atoms with E-state index in [9.17, 15) is 19.8 Å². The number of phenolic OH excluding ortho intramolecular Hbond substituents is 2. The summed E-state index contributed by atoms with van der Waals surface area (Å²) in [5.74, 6) is 0.294. The van der Waals surface area contributed by atoms with E-state index in [1.807, 2.05) is 34.1 Å². The lowest BCUT2D eigenvalue weighted by Crippen LogP contribution is -2.34. The van der Waals surface area contributed by atoms with Gasteiger partial charge >= 0.3 is 0 Å². The van der Waals surface area contributed by atoms with E-state index in [1.165, 1.54) is 19.3 Å². The van der Waals surface area contributed by atoms with Crippen LogP contribution in [0.1, 0.15) is 92.9 Å². The van der Waals surface area contributed by atoms with Crippen LogP contribution in [0.2, 0.25) is 0 Å². The molecule has 2 N–H and O–H groups in total. The van der Waals surface area contributed by atoms with Crippen molar-refractivity contribution in [3.05, 3.63) is 70.8 Å². The third kappa shape index (κ3) is 6.27. The number of piperidine rings is 2. The van der Waals surface area contributed by atoms with Gasteiger partial charge in [0.25, 0.3) is 0 Å². The largest absolute Gasteiger partial charge is 0.507 e. The number of phenols is 2. The molecule has 0 unspecified atom stereocenters. The Bertz CT molecular complexity index is 1170. The summed E-state index contributed by atoms with van der Waals surface area (Å²) in [6, 6.07) is 11.5. The molecule has 3 aliphatic rings. The van der Waals surface area contributed by atoms with Gasteiger partial charge in [0.2, 0.25) is 11.8 Å². The molecular formula is C34H42N2O4. The smallest absolute Gasteiger partial charge is 0.246 e. The molecule has 1 aliphatic carbocycles. The molecule has 5 rings (SSSR count). The highest BCUT2D eigenvalue weighted by molar-refractivity contribution is 5.93. The van der Waals surface area contributed by atoms with Crippen molar-refractivity contribution < 1.29 is 19.8 Å². The van der Waals surface area contributed by atoms with Crippen molar-refractivity contribution in [2.24, 2.45) is 0 Å². The first-order valence-corrected chi connectivity index (χ1v) is 15.1. The standard InChI is InChI=1S/C34H42N2O4/c37-30-14-12-28(24-26(30)10-16-32(39)35-20-6-2-7-21-35)34(18-4-1-5-19-34)29-13-15-31(38)27(25-29)11-17-33(40)36-22-8-3-9-23-36/h10-17,24-25,37-38H,1-9,18-23H2/b16-10+,17-11+. The van der Waals surface area contributed by atoms with Gasteiger partial charge in [0, 0.05) is 54.9 Å². The number of carbonyl (C=O) groups is 2. The maximum Gasteiger partial charge on any atom is 0.246 e. The van der Waals surface area contributed by atoms with Crippen molar-refractivity contribution in [3.8, 4) is 11.5 Å². The molecule has 0 radical (unpaired) electrons. The lowest BCUT2D eigenvalue weighted by molar-refractivity contribution is -0.127. The minimum absolute atomic E-state index is 0.00838. The third-order valence-electron chi connectivity index (χ3n) is 9.01. The second-order valence-corrected chi connectivity index (χ2v) is 11.6. The highest BCUT2D eigenvalue weighted by Crippen LogP contribution is 2.46. The van der Waals surface area contributed by atoms with Crippen LogP contribution in [-0.4, -0.2) is 58.0 Å². The molecule has 0 spiro atoms. The van der Waals surface area contributed by atoms with Crippen molar-refractivity contribution in [2.45, 2.75) is 76.0 Å². The zero-order valence-corrected chi connectivity index (χ0v) is 23.5. The van der Waals surface area contributed by atoms with Crippen molar-refractivity contribution in [1.29, 1.82) is 0 Å². The number of aromatic hydroxyl groups is 2. The van der Waals surface area contributed by atoms with Crippen LogP contribution >= 0.6 is 0 Å². The number of carbonyl (C=O) groups excluding carboxylic acids is 2. The van der Waals surface area contributed by atoms with Gasteiger partial charge in [0.05, 0.1) is 0 Å². The Morgan fingerprint density at radius 2 is 1.00 bits per heavy atom. The predicted molar refractivity (Wildman–Crippen MR) is 159 cm³/mol. The van der Waals surface area contributed by atoms with Gasteiger partial charge in [-0.1, -0.05) is 31.4 Å². The summed E-state index contributed by atoms with van der Waals surface area (Å²) >= 11 is 0. The van der Waals surface area contributed by atoms with Gasteiger partial charge in [0.1, 0.15) is 11.5 Å². The van der Waals surface area contributed by atoms with Gasteiger partial charge in [-0.3, -0.25) is 9.59 Å². The van der Waals surface area contributed by atoms with Crippen LogP contribution in [0.4, 0.5) is 0 Å². The first-order valence-electron chi connectivity index (χ1n) is 15.1. The van der Waals surface area contributed by atoms with Crippen LogP contribution in [0, 0.1) is 0 Å². The molecular weight excluding hydrogens is 500 g/mol. The molecule has 1 saturated carbocycles. The highest BCUT2D eigenvalue weighted by atomic mass is 16.3. The van der Waals surface area contributed by atoms with Gasteiger partial charge < -0.3 is 20.0 Å². The minimum atomic E-state index is -0.279. The van der Waals surface area contributed by atoms with Crippen molar-refractivity contribution in [2.75, 3.05) is 26.2 Å². The Kier molecular flexibility index (Phi) is 8.93. The van der Waals surface area contributed by atoms with Crippen LogP contribution in [0.5, 0.6) is 11.5 Å². The van der Waals surface area contributed by atoms with E-state index in [0.717, 1.165) is 88.7 Å². The molecule has 2 heterocycles. The Hall–Kier alpha value is -3.54. The molecule has 2 aromatic carbocycles. The average Bonchev–Trinajstić information content (AvgIpc) is 3.01. The minimum Gasteiger partial charge on any atom is -0.507 e. The van der Waals surface area contributed by atoms with Gasteiger partial charge in [0.15, 0.2) is 0 Å². The molecule has 0 bridgehead atoms. The molecule has 2 amide bonds. The predicted octanol–water partition coefficient (Wildman–Crippen LogP) is 6.40. The molecule has 0 atom stereocenters. The Balaban J connectivity index is 1.43. The van der Waals surface area contributed by atoms with Crippen LogP contribution in [-0.2, 0) is 15.0 Å². The van der Waals surface area contributed by atoms with Crippen LogP contribution < -0.4 is 0 Å². The quantitative estimate of drug-likeness (QED) is 0.414. The zero-order chi connectivity index (χ0) is 28.0. The van der Waals surface area contributed by atoms with E-state index in [0.29, 0.717) is 11.1 Å². The fourth-order valence-corrected chi connectivity index (χ4v) is 6.63. The number of benzene rings is 2. The van der Waals surface area contributed by atoms with E-state index in [2.05, 4.69) is 0 Å². The number of nitrogens with zero attached hydrogens (tertiary/aromatic N) is 2. The lowest BCUT2D eigenvalue weighted by atomic mass is 9.65. The Labute approximate surface area is 238 Å². The van der Waals surface area contributed by atoms with E-state index >= 15 is 0 Å². The Morgan fingerprint density at radius 3 is 1.43 bits per heavy atom. The van der Waals surface area contributed by atoms with Crippen LogP contribution in [0.15, 0.2) is 48.6 Å². The van der Waals surface area contributed by atoms with E-state index < -0.39 is 0 Å². The summed E-state index contributed by atoms with van der Waals surface area (Å²) < 4.78 is 0. The van der Waals surface area contributed by atoms with Gasteiger partial charge in [-0.15, -0.1) is 0 Å². The average molecular weight is 543 g/mol. The molecule has 40 heavy (non-hydrogen) atoms. The number of hydrogen-bond acceptors (Lipinski definition) is 4. The summed E-state index contributed by atoms with van der Waals surface area (Å²) in [6.45, 7) is 3.16. The summed E-state index contributed by atoms with van der Waals surface area (Å²) in [7, 11) is 0. The van der Waals surface area contributed by atoms with Crippen LogP contribution in [0.25, 0.3) is 12.2 Å². The molecule has 2 aromatic rings. The SMILES string of the molecule is O=C(/C=C/c1cc(C2(c3ccc(O)c(/C=C/C(=O)N4CCCCC4)c3)CCCCC2)ccc1O)N1CCCCC1. The monoisotopic (exact) mass is 542 g/mol. The molecule has 3 fully saturated rings. The fraction of sp³-hybridized carbons (Fsp3) is 0.471. The molecule has 2 aliphatic heterocycles. The first-order chi connectivity index (χ1) is 19.5. The van der Waals surface area contributed by atoms with Crippen molar-refractivity contribution in [1.82, 2.24) is 9.80 Å². The number of likely N-dealkylation sites (tertiary alicyclic amines) is 2. The van der Waals surface area contributed by atoms with E-state index in [1.54, 1.807) is 36.4 Å². The third-order valence-corrected chi connectivity index (χ3v) is 9.01. The molecule has 6 nitrogen and oxygen atoms in total. The number of rotatable bonds is 6. The van der Waals surface area contributed by atoms with Crippen LogP contribution in [0.3, 0.4) is 0 Å². The Morgan fingerprint density at radius 1 is 0.600 bits per heavy atom. The summed E-state index contributed by atoms with van der Waals surface area (Å²) in [5, 5.41) is 21.3. The zero-order valence-electron chi connectivity index (χ0n) is 23.5. The molecule has 212 valence electrons. The van der Waals surface area contributed by atoms with Gasteiger partial charge in [-0.25, -0.2) is 0 Å². The molecule has 2 saturated heterocycles. The first kappa shape index (κ1) is 28.0. The second kappa shape index (κ2) is 12.8. The number of amides is 2. The summed E-state index contributed by atoms with van der Waals surface area (Å²) in [5.41, 5.74) is 3.19. The summed E-state index contributed by atoms with van der Waals surface area (Å²) in [6.07, 6.45) is 18.4. The summed E-state index contributed by atoms with van der Waals surface area (Å²) in [4.78, 5) is 29.2. The topological polar surface area (TPSA) is 81.1 Å². The fourth-order valence-electron chi connectivity index (χ4n) is 6.63. The molecule has 6 heteroatoms. The maximum atomic E-state index is 12.7. The normalized spacial score (nSPS) is 19.8.